The van der Waals surface area contributed by atoms with Crippen molar-refractivity contribution in [2.24, 2.45) is 5.92 Å². The van der Waals surface area contributed by atoms with E-state index in [4.69, 9.17) is 11.6 Å². The van der Waals surface area contributed by atoms with E-state index in [-0.39, 0.29) is 29.7 Å². The number of halogens is 1. The third-order valence-corrected chi connectivity index (χ3v) is 7.00. The lowest BCUT2D eigenvalue weighted by Gasteiger charge is -2.16. The molecule has 0 radical (unpaired) electrons. The first-order valence-electron chi connectivity index (χ1n) is 10.6. The van der Waals surface area contributed by atoms with E-state index < -0.39 is 22.0 Å². The second kappa shape index (κ2) is 12.0. The fraction of sp³-hybridized carbons (Fsp3) is 0.391. The molecule has 0 aromatic heterocycles. The lowest BCUT2D eigenvalue weighted by molar-refractivity contribution is -0.139. The minimum atomic E-state index is -4.02. The standard InChI is InChI=1S/C23H29ClN2O5S/c1-3-16(4-2)22(27)25-15-5-6-21(23(28)29)26-32(30,31)20-13-9-18(10-14-20)17-7-11-19(24)12-8-17/h7-14,16,21,26H,3-6,15H2,1-2H3,(H,25,27)(H,28,29). The molecular formula is C23H29ClN2O5S. The van der Waals surface area contributed by atoms with Gasteiger partial charge in [-0.05, 0) is 61.1 Å². The fourth-order valence-corrected chi connectivity index (χ4v) is 4.63. The van der Waals surface area contributed by atoms with Gasteiger partial charge in [-0.25, -0.2) is 8.42 Å². The first-order chi connectivity index (χ1) is 15.2. The summed E-state index contributed by atoms with van der Waals surface area (Å²) >= 11 is 5.89. The van der Waals surface area contributed by atoms with Crippen molar-refractivity contribution in [1.82, 2.24) is 10.0 Å². The molecule has 0 saturated heterocycles. The quantitative estimate of drug-likeness (QED) is 0.396. The Hall–Kier alpha value is -2.42. The zero-order chi connectivity index (χ0) is 23.7. The Morgan fingerprint density at radius 2 is 1.50 bits per heavy atom. The molecule has 2 aromatic carbocycles. The highest BCUT2D eigenvalue weighted by atomic mass is 35.5. The van der Waals surface area contributed by atoms with E-state index in [1.807, 2.05) is 26.0 Å². The molecule has 9 heteroatoms. The molecule has 0 aliphatic carbocycles. The van der Waals surface area contributed by atoms with E-state index in [1.165, 1.54) is 12.1 Å². The summed E-state index contributed by atoms with van der Waals surface area (Å²) in [5.41, 5.74) is 1.69. The summed E-state index contributed by atoms with van der Waals surface area (Å²) < 4.78 is 27.6. The van der Waals surface area contributed by atoms with Crippen molar-refractivity contribution in [3.63, 3.8) is 0 Å². The third kappa shape index (κ3) is 7.32. The van der Waals surface area contributed by atoms with Crippen molar-refractivity contribution in [3.8, 4) is 11.1 Å². The molecule has 0 bridgehead atoms. The number of carbonyl (C=O) groups excluding carboxylic acids is 1. The number of hydrogen-bond acceptors (Lipinski definition) is 4. The van der Waals surface area contributed by atoms with Gasteiger partial charge < -0.3 is 10.4 Å². The summed E-state index contributed by atoms with van der Waals surface area (Å²) in [4.78, 5) is 23.6. The molecule has 2 rings (SSSR count). The summed E-state index contributed by atoms with van der Waals surface area (Å²) in [5.74, 6) is -1.40. The molecule has 1 amide bonds. The number of aliphatic carboxylic acids is 1. The average Bonchev–Trinajstić information content (AvgIpc) is 2.77. The lowest BCUT2D eigenvalue weighted by Crippen LogP contribution is -2.41. The molecule has 3 N–H and O–H groups in total. The van der Waals surface area contributed by atoms with Gasteiger partial charge in [-0.1, -0.05) is 49.7 Å². The topological polar surface area (TPSA) is 113 Å². The van der Waals surface area contributed by atoms with Gasteiger partial charge in [0.1, 0.15) is 6.04 Å². The molecule has 0 saturated carbocycles. The van der Waals surface area contributed by atoms with Crippen LogP contribution < -0.4 is 10.0 Å². The van der Waals surface area contributed by atoms with Crippen LogP contribution in [0.15, 0.2) is 53.4 Å². The molecule has 1 unspecified atom stereocenters. The number of carbonyl (C=O) groups is 2. The van der Waals surface area contributed by atoms with Crippen molar-refractivity contribution >= 4 is 33.5 Å². The number of carboxylic acid groups (broad SMARTS) is 1. The van der Waals surface area contributed by atoms with Crippen molar-refractivity contribution in [3.05, 3.63) is 53.6 Å². The van der Waals surface area contributed by atoms with Crippen molar-refractivity contribution in [2.45, 2.75) is 50.5 Å². The Bertz CT molecular complexity index is 1000. The molecule has 0 spiro atoms. The largest absolute Gasteiger partial charge is 0.480 e. The predicted molar refractivity (Wildman–Crippen MR) is 125 cm³/mol. The van der Waals surface area contributed by atoms with Gasteiger partial charge in [-0.15, -0.1) is 0 Å². The Balaban J connectivity index is 1.98. The molecule has 0 heterocycles. The van der Waals surface area contributed by atoms with Crippen LogP contribution in [0.5, 0.6) is 0 Å². The maximum atomic E-state index is 12.7. The van der Waals surface area contributed by atoms with Gasteiger partial charge in [-0.3, -0.25) is 9.59 Å². The Labute approximate surface area is 194 Å². The highest BCUT2D eigenvalue weighted by Gasteiger charge is 2.25. The van der Waals surface area contributed by atoms with Crippen LogP contribution in [0, 0.1) is 5.92 Å². The van der Waals surface area contributed by atoms with Crippen LogP contribution >= 0.6 is 11.6 Å². The zero-order valence-corrected chi connectivity index (χ0v) is 19.7. The number of amides is 1. The second-order valence-corrected chi connectivity index (χ2v) is 9.64. The summed E-state index contributed by atoms with van der Waals surface area (Å²) in [6.45, 7) is 4.16. The maximum absolute atomic E-state index is 12.7. The summed E-state index contributed by atoms with van der Waals surface area (Å²) in [7, 11) is -4.02. The molecule has 2 aromatic rings. The molecular weight excluding hydrogens is 452 g/mol. The molecule has 174 valence electrons. The van der Waals surface area contributed by atoms with Gasteiger partial charge in [0.15, 0.2) is 0 Å². The number of benzene rings is 2. The Kier molecular flexibility index (Phi) is 9.68. The highest BCUT2D eigenvalue weighted by molar-refractivity contribution is 7.89. The van der Waals surface area contributed by atoms with Crippen molar-refractivity contribution in [1.29, 1.82) is 0 Å². The van der Waals surface area contributed by atoms with Crippen LogP contribution in [-0.2, 0) is 19.6 Å². The first kappa shape index (κ1) is 25.8. The van der Waals surface area contributed by atoms with E-state index in [1.54, 1.807) is 24.3 Å². The molecule has 0 fully saturated rings. The number of hydrogen-bond donors (Lipinski definition) is 3. The number of rotatable bonds is 12. The zero-order valence-electron chi connectivity index (χ0n) is 18.2. The van der Waals surface area contributed by atoms with Crippen molar-refractivity contribution in [2.75, 3.05) is 6.54 Å². The van der Waals surface area contributed by atoms with E-state index in [0.717, 1.165) is 24.0 Å². The van der Waals surface area contributed by atoms with Gasteiger partial charge in [-0.2, -0.15) is 4.72 Å². The fourth-order valence-electron chi connectivity index (χ4n) is 3.28. The molecule has 0 aliphatic rings. The van der Waals surface area contributed by atoms with E-state index in [2.05, 4.69) is 10.0 Å². The molecule has 1 atom stereocenters. The summed E-state index contributed by atoms with van der Waals surface area (Å²) in [6, 6.07) is 12.0. The minimum absolute atomic E-state index is 0.0245. The van der Waals surface area contributed by atoms with Crippen LogP contribution in [0.3, 0.4) is 0 Å². The van der Waals surface area contributed by atoms with Crippen LogP contribution in [0.2, 0.25) is 5.02 Å². The Morgan fingerprint density at radius 1 is 0.969 bits per heavy atom. The molecule has 0 aliphatic heterocycles. The van der Waals surface area contributed by atoms with Gasteiger partial charge in [0, 0.05) is 17.5 Å². The number of sulfonamides is 1. The minimum Gasteiger partial charge on any atom is -0.480 e. The van der Waals surface area contributed by atoms with Gasteiger partial charge in [0.05, 0.1) is 4.90 Å². The van der Waals surface area contributed by atoms with Crippen LogP contribution in [-0.4, -0.2) is 38.0 Å². The van der Waals surface area contributed by atoms with Gasteiger partial charge in [0.2, 0.25) is 15.9 Å². The second-order valence-electron chi connectivity index (χ2n) is 7.49. The monoisotopic (exact) mass is 480 g/mol. The molecule has 32 heavy (non-hydrogen) atoms. The first-order valence-corrected chi connectivity index (χ1v) is 12.4. The third-order valence-electron chi connectivity index (χ3n) is 5.26. The smallest absolute Gasteiger partial charge is 0.321 e. The summed E-state index contributed by atoms with van der Waals surface area (Å²) in [5, 5.41) is 12.8. The average molecular weight is 481 g/mol. The molecule has 7 nitrogen and oxygen atoms in total. The van der Waals surface area contributed by atoms with Gasteiger partial charge in [0.25, 0.3) is 0 Å². The SMILES string of the molecule is CCC(CC)C(=O)NCCCC(NS(=O)(=O)c1ccc(-c2ccc(Cl)cc2)cc1)C(=O)O. The summed E-state index contributed by atoms with van der Waals surface area (Å²) in [6.07, 6.45) is 1.86. The predicted octanol–water partition coefficient (Wildman–Crippen LogP) is 4.07. The van der Waals surface area contributed by atoms with Gasteiger partial charge >= 0.3 is 5.97 Å². The number of nitrogens with one attached hydrogen (secondary N) is 2. The van der Waals surface area contributed by atoms with Crippen molar-refractivity contribution < 1.29 is 23.1 Å². The normalized spacial score (nSPS) is 12.5. The van der Waals surface area contributed by atoms with E-state index in [0.29, 0.717) is 11.4 Å². The lowest BCUT2D eigenvalue weighted by atomic mass is 10.0. The van der Waals surface area contributed by atoms with Crippen LogP contribution in [0.1, 0.15) is 39.5 Å². The van der Waals surface area contributed by atoms with Crippen LogP contribution in [0.25, 0.3) is 11.1 Å². The maximum Gasteiger partial charge on any atom is 0.321 e. The highest BCUT2D eigenvalue weighted by Crippen LogP contribution is 2.23. The Morgan fingerprint density at radius 3 is 2.00 bits per heavy atom. The number of carboxylic acids is 1. The van der Waals surface area contributed by atoms with E-state index >= 15 is 0 Å². The van der Waals surface area contributed by atoms with Crippen LogP contribution in [0.4, 0.5) is 0 Å². The van der Waals surface area contributed by atoms with E-state index in [9.17, 15) is 23.1 Å².